The van der Waals surface area contributed by atoms with E-state index in [4.69, 9.17) is 18.9 Å². The second-order valence-electron chi connectivity index (χ2n) is 9.25. The minimum absolute atomic E-state index is 0.0127. The zero-order valence-corrected chi connectivity index (χ0v) is 22.1. The van der Waals surface area contributed by atoms with Crippen LogP contribution in [0, 0.1) is 0 Å². The van der Waals surface area contributed by atoms with Crippen molar-refractivity contribution in [1.82, 2.24) is 9.80 Å². The van der Waals surface area contributed by atoms with Gasteiger partial charge in [-0.1, -0.05) is 18.7 Å². The van der Waals surface area contributed by atoms with E-state index in [1.807, 2.05) is 25.9 Å². The van der Waals surface area contributed by atoms with Gasteiger partial charge in [0.25, 0.3) is 11.7 Å². The Morgan fingerprint density at radius 2 is 1.87 bits per heavy atom. The summed E-state index contributed by atoms with van der Waals surface area (Å²) in [5, 5.41) is 11.4. The molecule has 2 aromatic rings. The summed E-state index contributed by atoms with van der Waals surface area (Å²) in [6, 6.07) is 9.44. The highest BCUT2D eigenvalue weighted by molar-refractivity contribution is 6.46. The Morgan fingerprint density at radius 3 is 2.58 bits per heavy atom. The van der Waals surface area contributed by atoms with Gasteiger partial charge in [-0.25, -0.2) is 0 Å². The number of aliphatic hydroxyl groups excluding tert-OH is 1. The van der Waals surface area contributed by atoms with Gasteiger partial charge in [0.1, 0.15) is 25.6 Å². The maximum Gasteiger partial charge on any atom is 0.295 e. The van der Waals surface area contributed by atoms with Crippen LogP contribution in [0.3, 0.4) is 0 Å². The van der Waals surface area contributed by atoms with Crippen LogP contribution < -0.4 is 18.9 Å². The van der Waals surface area contributed by atoms with E-state index >= 15 is 0 Å². The molecule has 9 heteroatoms. The van der Waals surface area contributed by atoms with Crippen LogP contribution in [0.4, 0.5) is 0 Å². The first-order chi connectivity index (χ1) is 18.3. The molecule has 0 unspecified atom stereocenters. The molecule has 1 fully saturated rings. The van der Waals surface area contributed by atoms with E-state index in [1.165, 1.54) is 4.90 Å². The highest BCUT2D eigenvalue weighted by atomic mass is 16.6. The molecule has 0 aliphatic carbocycles. The molecule has 1 amide bonds. The fourth-order valence-corrected chi connectivity index (χ4v) is 4.59. The Labute approximate surface area is 222 Å². The molecule has 2 aromatic carbocycles. The fourth-order valence-electron chi connectivity index (χ4n) is 4.59. The molecule has 2 aliphatic heterocycles. The molecule has 1 N–H and O–H groups in total. The summed E-state index contributed by atoms with van der Waals surface area (Å²) in [7, 11) is 3.90. The standard InChI is InChI=1S/C29H34N2O7/c1-5-14-36-21-10-8-19(17-23(21)35-6-2)26-25(28(33)29(34)31(26)13-7-12-30(3)4)27(32)20-9-11-22-24(18-20)38-16-15-37-22/h5,8-11,17-18,26,32H,1,6-7,12-16H2,2-4H3/b27-25+/t26-/m1/s1. The topological polar surface area (TPSA) is 97.8 Å². The molecule has 0 aromatic heterocycles. The zero-order valence-electron chi connectivity index (χ0n) is 22.1. The predicted molar refractivity (Wildman–Crippen MR) is 143 cm³/mol. The van der Waals surface area contributed by atoms with Gasteiger partial charge in [0.15, 0.2) is 23.0 Å². The second kappa shape index (κ2) is 12.0. The van der Waals surface area contributed by atoms with E-state index in [1.54, 1.807) is 42.5 Å². The maximum absolute atomic E-state index is 13.4. The van der Waals surface area contributed by atoms with Crippen molar-refractivity contribution in [3.05, 3.63) is 65.8 Å². The molecule has 9 nitrogen and oxygen atoms in total. The number of ether oxygens (including phenoxy) is 4. The SMILES string of the molecule is C=CCOc1ccc([C@@H]2/C(=C(\O)c3ccc4c(c3)OCCO4)C(=O)C(=O)N2CCCN(C)C)cc1OCC. The van der Waals surface area contributed by atoms with E-state index in [9.17, 15) is 14.7 Å². The second-order valence-corrected chi connectivity index (χ2v) is 9.25. The Morgan fingerprint density at radius 1 is 1.11 bits per heavy atom. The van der Waals surface area contributed by atoms with E-state index in [-0.39, 0.29) is 11.3 Å². The third-order valence-electron chi connectivity index (χ3n) is 6.30. The van der Waals surface area contributed by atoms with Crippen LogP contribution in [0.2, 0.25) is 0 Å². The molecule has 0 saturated carbocycles. The number of benzene rings is 2. The van der Waals surface area contributed by atoms with E-state index in [0.29, 0.717) is 73.5 Å². The molecule has 2 aliphatic rings. The lowest BCUT2D eigenvalue weighted by Gasteiger charge is -2.26. The molecule has 1 atom stereocenters. The number of fused-ring (bicyclic) bond motifs is 1. The summed E-state index contributed by atoms with van der Waals surface area (Å²) in [4.78, 5) is 30.2. The van der Waals surface area contributed by atoms with E-state index in [2.05, 4.69) is 6.58 Å². The van der Waals surface area contributed by atoms with Gasteiger partial charge in [0.05, 0.1) is 18.2 Å². The predicted octanol–water partition coefficient (Wildman–Crippen LogP) is 3.79. The van der Waals surface area contributed by atoms with E-state index in [0.717, 1.165) is 6.54 Å². The number of rotatable bonds is 11. The number of nitrogens with zero attached hydrogens (tertiary/aromatic N) is 2. The molecule has 0 radical (unpaired) electrons. The third kappa shape index (κ3) is 5.62. The fraction of sp³-hybridized carbons (Fsp3) is 0.379. The van der Waals surface area contributed by atoms with Crippen molar-refractivity contribution in [1.29, 1.82) is 0 Å². The Balaban J connectivity index is 1.81. The van der Waals surface area contributed by atoms with Crippen LogP contribution in [0.25, 0.3) is 5.76 Å². The normalized spacial score (nSPS) is 18.1. The van der Waals surface area contributed by atoms with Crippen molar-refractivity contribution >= 4 is 17.4 Å². The largest absolute Gasteiger partial charge is 0.507 e. The number of likely N-dealkylation sites (tertiary alicyclic amines) is 1. The van der Waals surface area contributed by atoms with Gasteiger partial charge in [0.2, 0.25) is 0 Å². The van der Waals surface area contributed by atoms with Gasteiger partial charge in [-0.3, -0.25) is 9.59 Å². The Kier molecular flexibility index (Phi) is 8.58. The van der Waals surface area contributed by atoms with Crippen LogP contribution in [0.15, 0.2) is 54.6 Å². The highest BCUT2D eigenvalue weighted by Gasteiger charge is 2.46. The Bertz CT molecular complexity index is 1240. The molecular formula is C29H34N2O7. The molecule has 4 rings (SSSR count). The summed E-state index contributed by atoms with van der Waals surface area (Å²) in [5.41, 5.74) is 1.00. The first-order valence-corrected chi connectivity index (χ1v) is 12.7. The van der Waals surface area contributed by atoms with Crippen molar-refractivity contribution in [3.8, 4) is 23.0 Å². The monoisotopic (exact) mass is 522 g/mol. The maximum atomic E-state index is 13.4. The summed E-state index contributed by atoms with van der Waals surface area (Å²) in [6.45, 7) is 8.13. The van der Waals surface area contributed by atoms with Crippen molar-refractivity contribution < 1.29 is 33.6 Å². The van der Waals surface area contributed by atoms with Gasteiger partial charge in [0, 0.05) is 12.1 Å². The molecular weight excluding hydrogens is 488 g/mol. The molecule has 0 bridgehead atoms. The van der Waals surface area contributed by atoms with Gasteiger partial charge in [-0.05, 0) is 69.9 Å². The minimum atomic E-state index is -0.807. The number of carbonyl (C=O) groups excluding carboxylic acids is 2. The average Bonchev–Trinajstić information content (AvgIpc) is 3.16. The number of hydrogen-bond acceptors (Lipinski definition) is 8. The summed E-state index contributed by atoms with van der Waals surface area (Å²) < 4.78 is 22.8. The average molecular weight is 523 g/mol. The van der Waals surface area contributed by atoms with Gasteiger partial charge >= 0.3 is 0 Å². The van der Waals surface area contributed by atoms with Crippen molar-refractivity contribution in [3.63, 3.8) is 0 Å². The number of hydrogen-bond donors (Lipinski definition) is 1. The smallest absolute Gasteiger partial charge is 0.295 e. The number of Topliss-reactive ketones (excluding diaryl/α,β-unsaturated/α-hetero) is 1. The highest BCUT2D eigenvalue weighted by Crippen LogP contribution is 2.43. The quantitative estimate of drug-likeness (QED) is 0.206. The van der Waals surface area contributed by atoms with Crippen LogP contribution in [0.5, 0.6) is 23.0 Å². The van der Waals surface area contributed by atoms with Gasteiger partial charge in [-0.2, -0.15) is 0 Å². The van der Waals surface area contributed by atoms with Crippen LogP contribution in [-0.4, -0.2) is 80.2 Å². The lowest BCUT2D eigenvalue weighted by Crippen LogP contribution is -2.32. The van der Waals surface area contributed by atoms with Crippen LogP contribution in [-0.2, 0) is 9.59 Å². The molecule has 38 heavy (non-hydrogen) atoms. The first-order valence-electron chi connectivity index (χ1n) is 12.7. The van der Waals surface area contributed by atoms with Crippen LogP contribution in [0.1, 0.15) is 30.5 Å². The van der Waals surface area contributed by atoms with E-state index < -0.39 is 17.7 Å². The van der Waals surface area contributed by atoms with Crippen LogP contribution >= 0.6 is 0 Å². The molecule has 0 spiro atoms. The number of carbonyl (C=O) groups is 2. The lowest BCUT2D eigenvalue weighted by molar-refractivity contribution is -0.139. The summed E-state index contributed by atoms with van der Waals surface area (Å²) >= 11 is 0. The Hall–Kier alpha value is -3.98. The lowest BCUT2D eigenvalue weighted by atomic mass is 9.94. The number of ketones is 1. The molecule has 1 saturated heterocycles. The minimum Gasteiger partial charge on any atom is -0.507 e. The van der Waals surface area contributed by atoms with Crippen molar-refractivity contribution in [2.75, 3.05) is 53.6 Å². The summed E-state index contributed by atoms with van der Waals surface area (Å²) in [5.74, 6) is 0.363. The van der Waals surface area contributed by atoms with Crippen molar-refractivity contribution in [2.45, 2.75) is 19.4 Å². The van der Waals surface area contributed by atoms with Gasteiger partial charge in [-0.15, -0.1) is 0 Å². The summed E-state index contributed by atoms with van der Waals surface area (Å²) in [6.07, 6.45) is 2.29. The molecule has 202 valence electrons. The zero-order chi connectivity index (χ0) is 27.2. The molecule has 2 heterocycles. The third-order valence-corrected chi connectivity index (χ3v) is 6.30. The van der Waals surface area contributed by atoms with Crippen molar-refractivity contribution in [2.24, 2.45) is 0 Å². The van der Waals surface area contributed by atoms with Gasteiger partial charge < -0.3 is 33.9 Å². The number of amides is 1. The number of aliphatic hydroxyl groups is 1. The first kappa shape index (κ1) is 27.1.